The summed E-state index contributed by atoms with van der Waals surface area (Å²) in [5.41, 5.74) is 15.0. The molecule has 0 aliphatic heterocycles. The Balaban J connectivity index is 1.48. The minimum atomic E-state index is -0.555. The van der Waals surface area contributed by atoms with Gasteiger partial charge in [0.1, 0.15) is 5.82 Å². The molecule has 8 nitrogen and oxygen atoms in total. The quantitative estimate of drug-likeness (QED) is 0.396. The van der Waals surface area contributed by atoms with E-state index < -0.39 is 5.82 Å². The van der Waals surface area contributed by atoms with E-state index in [9.17, 15) is 4.79 Å². The predicted octanol–water partition coefficient (Wildman–Crippen LogP) is 4.02. The molecule has 174 valence electrons. The number of fused-ring (bicyclic) bond motifs is 1. The van der Waals surface area contributed by atoms with Crippen LogP contribution in [0.3, 0.4) is 0 Å². The molecule has 0 bridgehead atoms. The third kappa shape index (κ3) is 3.35. The van der Waals surface area contributed by atoms with Crippen molar-refractivity contribution in [3.8, 4) is 11.1 Å². The molecule has 2 atom stereocenters. The summed E-state index contributed by atoms with van der Waals surface area (Å²) in [6.45, 7) is 5.95. The molecule has 1 amide bonds. The van der Waals surface area contributed by atoms with Crippen LogP contribution < -0.4 is 16.8 Å². The van der Waals surface area contributed by atoms with Gasteiger partial charge in [-0.3, -0.25) is 14.5 Å². The molecule has 5 rings (SSSR count). The van der Waals surface area contributed by atoms with Crippen LogP contribution in [0.1, 0.15) is 30.9 Å². The summed E-state index contributed by atoms with van der Waals surface area (Å²) in [4.78, 5) is 21.5. The monoisotopic (exact) mass is 459 g/mol. The van der Waals surface area contributed by atoms with Gasteiger partial charge in [-0.05, 0) is 41.0 Å². The first-order valence-electron chi connectivity index (χ1n) is 11.0. The number of aryl methyl sites for hydroxylation is 1. The number of nitrogens with one attached hydrogen (secondary N) is 1. The van der Waals surface area contributed by atoms with Gasteiger partial charge >= 0.3 is 0 Å². The fraction of sp³-hybridized carbons (Fsp3) is 0.280. The Hall–Kier alpha value is -4.01. The number of halogens is 1. The number of amides is 1. The average Bonchev–Trinajstić information content (AvgIpc) is 3.12. The third-order valence-corrected chi connectivity index (χ3v) is 6.99. The van der Waals surface area contributed by atoms with E-state index in [2.05, 4.69) is 34.2 Å². The van der Waals surface area contributed by atoms with Crippen LogP contribution in [0.25, 0.3) is 21.9 Å². The lowest BCUT2D eigenvalue weighted by Gasteiger charge is -2.13. The van der Waals surface area contributed by atoms with E-state index >= 15 is 4.39 Å². The summed E-state index contributed by atoms with van der Waals surface area (Å²) in [5.74, 6) is -0.414. The van der Waals surface area contributed by atoms with Gasteiger partial charge in [0.2, 0.25) is 5.91 Å². The number of carbonyl (C=O) groups is 1. The van der Waals surface area contributed by atoms with Crippen LogP contribution >= 0.6 is 0 Å². The van der Waals surface area contributed by atoms with Crippen molar-refractivity contribution in [3.05, 3.63) is 60.1 Å². The number of aromatic nitrogens is 4. The van der Waals surface area contributed by atoms with Crippen LogP contribution in [0, 0.1) is 24.1 Å². The second-order valence-corrected chi connectivity index (χ2v) is 9.56. The number of pyridine rings is 2. The largest absolute Gasteiger partial charge is 0.397 e. The van der Waals surface area contributed by atoms with Crippen LogP contribution in [0.4, 0.5) is 21.6 Å². The average molecular weight is 460 g/mol. The SMILES string of the molecule is Cc1c(N)cncc1-c1cc2cc(NC(=O)C3C(c4cnn(C)c4)C3(C)C)ncc2c(N)c1F. The fourth-order valence-corrected chi connectivity index (χ4v) is 4.93. The van der Waals surface area contributed by atoms with Crippen molar-refractivity contribution >= 4 is 33.9 Å². The smallest absolute Gasteiger partial charge is 0.229 e. The van der Waals surface area contributed by atoms with Gasteiger partial charge in [-0.15, -0.1) is 0 Å². The van der Waals surface area contributed by atoms with Gasteiger partial charge in [0, 0.05) is 48.1 Å². The van der Waals surface area contributed by atoms with E-state index in [1.165, 1.54) is 12.4 Å². The highest BCUT2D eigenvalue weighted by molar-refractivity contribution is 6.01. The second kappa shape index (κ2) is 7.51. The van der Waals surface area contributed by atoms with Crippen molar-refractivity contribution in [2.75, 3.05) is 16.8 Å². The van der Waals surface area contributed by atoms with Gasteiger partial charge in [-0.25, -0.2) is 9.37 Å². The van der Waals surface area contributed by atoms with Crippen molar-refractivity contribution in [2.24, 2.45) is 18.4 Å². The molecule has 9 heteroatoms. The lowest BCUT2D eigenvalue weighted by atomic mass is 9.97. The van der Waals surface area contributed by atoms with Gasteiger partial charge in [-0.2, -0.15) is 5.10 Å². The minimum absolute atomic E-state index is 0.0142. The zero-order valence-corrected chi connectivity index (χ0v) is 19.4. The fourth-order valence-electron chi connectivity index (χ4n) is 4.93. The molecule has 34 heavy (non-hydrogen) atoms. The Kier molecular flexibility index (Phi) is 4.82. The molecular weight excluding hydrogens is 433 g/mol. The molecule has 1 aliphatic carbocycles. The minimum Gasteiger partial charge on any atom is -0.397 e. The molecule has 1 aliphatic rings. The molecule has 2 unspecified atom stereocenters. The highest BCUT2D eigenvalue weighted by Crippen LogP contribution is 2.64. The van der Waals surface area contributed by atoms with Crippen molar-refractivity contribution < 1.29 is 9.18 Å². The summed E-state index contributed by atoms with van der Waals surface area (Å²) in [6, 6.07) is 3.39. The summed E-state index contributed by atoms with van der Waals surface area (Å²) >= 11 is 0. The van der Waals surface area contributed by atoms with Gasteiger partial charge in [-0.1, -0.05) is 13.8 Å². The number of benzene rings is 1. The molecule has 3 heterocycles. The summed E-state index contributed by atoms with van der Waals surface area (Å²) in [6.07, 6.45) is 8.32. The van der Waals surface area contributed by atoms with E-state index in [4.69, 9.17) is 11.5 Å². The Morgan fingerprint density at radius 1 is 1.15 bits per heavy atom. The number of carbonyl (C=O) groups excluding carboxylic acids is 1. The van der Waals surface area contributed by atoms with Crippen LogP contribution in [0.5, 0.6) is 0 Å². The number of nitrogen functional groups attached to an aromatic ring is 2. The van der Waals surface area contributed by atoms with E-state index in [-0.39, 0.29) is 28.8 Å². The number of nitrogens with zero attached hydrogens (tertiary/aromatic N) is 4. The first-order valence-corrected chi connectivity index (χ1v) is 11.0. The molecule has 1 saturated carbocycles. The van der Waals surface area contributed by atoms with Gasteiger partial charge in [0.15, 0.2) is 5.82 Å². The maximum absolute atomic E-state index is 15.1. The van der Waals surface area contributed by atoms with Crippen LogP contribution in [-0.2, 0) is 11.8 Å². The Bertz CT molecular complexity index is 1460. The highest BCUT2D eigenvalue weighted by atomic mass is 19.1. The van der Waals surface area contributed by atoms with Crippen LogP contribution in [0.15, 0.2) is 43.1 Å². The highest BCUT2D eigenvalue weighted by Gasteiger charge is 2.62. The number of anilines is 3. The first kappa shape index (κ1) is 21.8. The van der Waals surface area contributed by atoms with E-state index in [1.807, 2.05) is 13.2 Å². The summed E-state index contributed by atoms with van der Waals surface area (Å²) in [7, 11) is 1.86. The van der Waals surface area contributed by atoms with Crippen LogP contribution in [-0.4, -0.2) is 25.7 Å². The zero-order chi connectivity index (χ0) is 24.4. The van der Waals surface area contributed by atoms with Gasteiger partial charge < -0.3 is 16.8 Å². The third-order valence-electron chi connectivity index (χ3n) is 6.99. The van der Waals surface area contributed by atoms with Gasteiger partial charge in [0.05, 0.1) is 29.7 Å². The normalized spacial score (nSPS) is 18.7. The van der Waals surface area contributed by atoms with Crippen LogP contribution in [0.2, 0.25) is 0 Å². The van der Waals surface area contributed by atoms with E-state index in [1.54, 1.807) is 36.1 Å². The number of nitrogens with two attached hydrogens (primary N) is 2. The Morgan fingerprint density at radius 2 is 1.91 bits per heavy atom. The van der Waals surface area contributed by atoms with E-state index in [0.717, 1.165) is 5.56 Å². The lowest BCUT2D eigenvalue weighted by molar-refractivity contribution is -0.118. The predicted molar refractivity (Wildman–Crippen MR) is 130 cm³/mol. The van der Waals surface area contributed by atoms with E-state index in [0.29, 0.717) is 39.0 Å². The maximum atomic E-state index is 15.1. The standard InChI is InChI=1S/C25H26FN7O/c1-12-16(8-29-10-18(12)27)15-5-13-6-19(30-9-17(13)23(28)22(15)26)32-24(34)21-20(25(21,2)3)14-7-31-33(4)11-14/h5-11,20-21H,27-28H2,1-4H3,(H,30,32,34). The molecule has 0 saturated heterocycles. The second-order valence-electron chi connectivity index (χ2n) is 9.56. The summed E-state index contributed by atoms with van der Waals surface area (Å²) in [5, 5.41) is 8.28. The van der Waals surface area contributed by atoms with Crippen molar-refractivity contribution in [1.29, 1.82) is 0 Å². The Morgan fingerprint density at radius 3 is 2.62 bits per heavy atom. The van der Waals surface area contributed by atoms with Gasteiger partial charge in [0.25, 0.3) is 0 Å². The summed E-state index contributed by atoms with van der Waals surface area (Å²) < 4.78 is 16.9. The van der Waals surface area contributed by atoms with Crippen molar-refractivity contribution in [1.82, 2.24) is 19.7 Å². The number of hydrogen-bond donors (Lipinski definition) is 3. The van der Waals surface area contributed by atoms with Crippen molar-refractivity contribution in [3.63, 3.8) is 0 Å². The molecule has 4 aromatic rings. The number of rotatable bonds is 4. The molecule has 0 spiro atoms. The molecular formula is C25H26FN7O. The van der Waals surface area contributed by atoms with Crippen molar-refractivity contribution in [2.45, 2.75) is 26.7 Å². The number of hydrogen-bond acceptors (Lipinski definition) is 6. The molecule has 3 aromatic heterocycles. The molecule has 1 fully saturated rings. The zero-order valence-electron chi connectivity index (χ0n) is 19.4. The molecule has 5 N–H and O–H groups in total. The Labute approximate surface area is 196 Å². The lowest BCUT2D eigenvalue weighted by Crippen LogP contribution is -2.17. The topological polar surface area (TPSA) is 125 Å². The molecule has 1 aromatic carbocycles. The molecule has 0 radical (unpaired) electrons. The first-order chi connectivity index (χ1) is 16.1. The maximum Gasteiger partial charge on any atom is 0.229 e.